The highest BCUT2D eigenvalue weighted by molar-refractivity contribution is 5.92. The lowest BCUT2D eigenvalue weighted by molar-refractivity contribution is -0.115. The highest BCUT2D eigenvalue weighted by atomic mass is 19.1. The van der Waals surface area contributed by atoms with Crippen molar-refractivity contribution in [3.63, 3.8) is 0 Å². The molecule has 0 saturated carbocycles. The maximum absolute atomic E-state index is 13.6. The fourth-order valence-corrected chi connectivity index (χ4v) is 2.93. The van der Waals surface area contributed by atoms with Gasteiger partial charge in [-0.25, -0.2) is 4.39 Å². The van der Waals surface area contributed by atoms with E-state index in [2.05, 4.69) is 10.2 Å². The highest BCUT2D eigenvalue weighted by Crippen LogP contribution is 2.22. The summed E-state index contributed by atoms with van der Waals surface area (Å²) >= 11 is 0. The Hall–Kier alpha value is -2.36. The van der Waals surface area contributed by atoms with Crippen molar-refractivity contribution >= 4 is 17.3 Å². The molecule has 0 radical (unpaired) electrons. The van der Waals surface area contributed by atoms with Gasteiger partial charge in [0.1, 0.15) is 5.82 Å². The lowest BCUT2D eigenvalue weighted by atomic mass is 10.1. The number of amides is 1. The van der Waals surface area contributed by atoms with Crippen LogP contribution in [-0.4, -0.2) is 19.0 Å². The largest absolute Gasteiger partial charge is 0.372 e. The van der Waals surface area contributed by atoms with Crippen molar-refractivity contribution in [2.75, 3.05) is 23.3 Å². The maximum Gasteiger partial charge on any atom is 0.228 e. The molecular weight excluding hydrogens is 291 g/mol. The molecule has 0 unspecified atom stereocenters. The van der Waals surface area contributed by atoms with E-state index in [0.29, 0.717) is 5.56 Å². The minimum atomic E-state index is -0.344. The number of hydrogen-bond donors (Lipinski definition) is 1. The summed E-state index contributed by atoms with van der Waals surface area (Å²) in [4.78, 5) is 14.4. The average molecular weight is 312 g/mol. The summed E-state index contributed by atoms with van der Waals surface area (Å²) in [6.45, 7) is 2.19. The van der Waals surface area contributed by atoms with E-state index in [1.165, 1.54) is 31.0 Å². The van der Waals surface area contributed by atoms with Crippen LogP contribution in [0.15, 0.2) is 48.5 Å². The number of anilines is 2. The predicted molar refractivity (Wildman–Crippen MR) is 91.2 cm³/mol. The van der Waals surface area contributed by atoms with Crippen LogP contribution < -0.4 is 10.2 Å². The summed E-state index contributed by atoms with van der Waals surface area (Å²) in [5.41, 5.74) is 2.35. The van der Waals surface area contributed by atoms with Gasteiger partial charge in [0.15, 0.2) is 0 Å². The molecule has 0 bridgehead atoms. The molecule has 0 aromatic heterocycles. The molecular formula is C19H21FN2O. The Kier molecular flexibility index (Phi) is 4.91. The zero-order chi connectivity index (χ0) is 16.1. The van der Waals surface area contributed by atoms with Crippen molar-refractivity contribution in [1.82, 2.24) is 0 Å². The molecule has 0 spiro atoms. The third-order valence-electron chi connectivity index (χ3n) is 4.18. The Morgan fingerprint density at radius 3 is 2.39 bits per heavy atom. The summed E-state index contributed by atoms with van der Waals surface area (Å²) in [5.74, 6) is -0.552. The number of rotatable bonds is 4. The number of piperidine rings is 1. The zero-order valence-electron chi connectivity index (χ0n) is 13.1. The van der Waals surface area contributed by atoms with E-state index in [1.54, 1.807) is 18.2 Å². The Morgan fingerprint density at radius 1 is 1.00 bits per heavy atom. The zero-order valence-corrected chi connectivity index (χ0v) is 13.1. The lowest BCUT2D eigenvalue weighted by Crippen LogP contribution is -2.29. The molecule has 1 aliphatic rings. The molecule has 1 fully saturated rings. The first-order chi connectivity index (χ1) is 11.2. The van der Waals surface area contributed by atoms with Crippen LogP contribution in [0.5, 0.6) is 0 Å². The van der Waals surface area contributed by atoms with Crippen LogP contribution >= 0.6 is 0 Å². The summed E-state index contributed by atoms with van der Waals surface area (Å²) in [6.07, 6.45) is 3.82. The number of halogens is 1. The summed E-state index contributed by atoms with van der Waals surface area (Å²) in [5, 5.41) is 2.82. The van der Waals surface area contributed by atoms with Gasteiger partial charge in [-0.1, -0.05) is 18.2 Å². The number of nitrogens with zero attached hydrogens (tertiary/aromatic N) is 1. The van der Waals surface area contributed by atoms with Gasteiger partial charge in [0, 0.05) is 24.5 Å². The second-order valence-corrected chi connectivity index (χ2v) is 5.91. The molecule has 1 heterocycles. The molecule has 0 atom stereocenters. The third-order valence-corrected chi connectivity index (χ3v) is 4.18. The molecule has 1 aliphatic heterocycles. The first-order valence-corrected chi connectivity index (χ1v) is 8.10. The number of nitrogens with one attached hydrogen (secondary N) is 1. The Labute approximate surface area is 136 Å². The summed E-state index contributed by atoms with van der Waals surface area (Å²) < 4.78 is 13.6. The Bertz CT molecular complexity index is 663. The lowest BCUT2D eigenvalue weighted by Gasteiger charge is -2.28. The van der Waals surface area contributed by atoms with Gasteiger partial charge in [0.2, 0.25) is 5.91 Å². The maximum atomic E-state index is 13.6. The van der Waals surface area contributed by atoms with Gasteiger partial charge in [-0.15, -0.1) is 0 Å². The van der Waals surface area contributed by atoms with Crippen LogP contribution in [-0.2, 0) is 11.2 Å². The molecule has 2 aromatic rings. The molecule has 1 amide bonds. The minimum Gasteiger partial charge on any atom is -0.372 e. The van der Waals surface area contributed by atoms with Crippen molar-refractivity contribution in [3.8, 4) is 0 Å². The molecule has 0 aliphatic carbocycles. The molecule has 3 nitrogen and oxygen atoms in total. The third kappa shape index (κ3) is 4.09. The van der Waals surface area contributed by atoms with Gasteiger partial charge in [-0.2, -0.15) is 0 Å². The van der Waals surface area contributed by atoms with E-state index in [9.17, 15) is 9.18 Å². The monoisotopic (exact) mass is 312 g/mol. The van der Waals surface area contributed by atoms with Crippen molar-refractivity contribution in [2.45, 2.75) is 25.7 Å². The van der Waals surface area contributed by atoms with Crippen LogP contribution in [0.1, 0.15) is 24.8 Å². The minimum absolute atomic E-state index is 0.0422. The Morgan fingerprint density at radius 2 is 1.70 bits per heavy atom. The molecule has 4 heteroatoms. The quantitative estimate of drug-likeness (QED) is 0.925. The fourth-order valence-electron chi connectivity index (χ4n) is 2.93. The molecule has 120 valence electrons. The second-order valence-electron chi connectivity index (χ2n) is 5.91. The number of hydrogen-bond acceptors (Lipinski definition) is 2. The first-order valence-electron chi connectivity index (χ1n) is 8.10. The fraction of sp³-hybridized carbons (Fsp3) is 0.316. The van der Waals surface area contributed by atoms with Gasteiger partial charge in [-0.05, 0) is 55.2 Å². The van der Waals surface area contributed by atoms with Crippen LogP contribution in [0.2, 0.25) is 0 Å². The summed E-state index contributed by atoms with van der Waals surface area (Å²) in [6, 6.07) is 14.2. The normalized spacial score (nSPS) is 14.6. The smallest absolute Gasteiger partial charge is 0.228 e. The first kappa shape index (κ1) is 15.5. The number of carbonyl (C=O) groups excluding carboxylic acids is 1. The van der Waals surface area contributed by atoms with Gasteiger partial charge in [0.05, 0.1) is 6.42 Å². The van der Waals surface area contributed by atoms with E-state index in [1.807, 2.05) is 24.3 Å². The predicted octanol–water partition coefficient (Wildman–Crippen LogP) is 4.00. The van der Waals surface area contributed by atoms with Crippen molar-refractivity contribution in [2.24, 2.45) is 0 Å². The highest BCUT2D eigenvalue weighted by Gasteiger charge is 2.11. The van der Waals surface area contributed by atoms with E-state index in [0.717, 1.165) is 18.8 Å². The van der Waals surface area contributed by atoms with Crippen molar-refractivity contribution in [1.29, 1.82) is 0 Å². The van der Waals surface area contributed by atoms with Gasteiger partial charge in [0.25, 0.3) is 0 Å². The van der Waals surface area contributed by atoms with Crippen LogP contribution in [0.3, 0.4) is 0 Å². The van der Waals surface area contributed by atoms with Crippen LogP contribution in [0.25, 0.3) is 0 Å². The molecule has 3 rings (SSSR count). The average Bonchev–Trinajstić information content (AvgIpc) is 2.58. The van der Waals surface area contributed by atoms with Gasteiger partial charge < -0.3 is 10.2 Å². The van der Waals surface area contributed by atoms with Crippen LogP contribution in [0.4, 0.5) is 15.8 Å². The molecule has 2 aromatic carbocycles. The SMILES string of the molecule is O=C(Cc1ccccc1F)Nc1ccc(N2CCCCC2)cc1. The molecule has 1 N–H and O–H groups in total. The Balaban J connectivity index is 1.59. The van der Waals surface area contributed by atoms with E-state index in [-0.39, 0.29) is 18.1 Å². The van der Waals surface area contributed by atoms with Crippen molar-refractivity contribution in [3.05, 3.63) is 59.9 Å². The van der Waals surface area contributed by atoms with Gasteiger partial charge in [-0.3, -0.25) is 4.79 Å². The van der Waals surface area contributed by atoms with E-state index < -0.39 is 0 Å². The van der Waals surface area contributed by atoms with E-state index >= 15 is 0 Å². The number of benzene rings is 2. The summed E-state index contributed by atoms with van der Waals surface area (Å²) in [7, 11) is 0. The van der Waals surface area contributed by atoms with E-state index in [4.69, 9.17) is 0 Å². The topological polar surface area (TPSA) is 32.3 Å². The molecule has 23 heavy (non-hydrogen) atoms. The molecule has 1 saturated heterocycles. The standard InChI is InChI=1S/C19H21FN2O/c20-18-7-3-2-6-15(18)14-19(23)21-16-8-10-17(11-9-16)22-12-4-1-5-13-22/h2-3,6-11H,1,4-5,12-14H2,(H,21,23). The van der Waals surface area contributed by atoms with Gasteiger partial charge >= 0.3 is 0 Å². The number of carbonyl (C=O) groups is 1. The second kappa shape index (κ2) is 7.27. The van der Waals surface area contributed by atoms with Crippen LogP contribution in [0, 0.1) is 5.82 Å². The van der Waals surface area contributed by atoms with Crippen molar-refractivity contribution < 1.29 is 9.18 Å².